The molecule has 1 saturated heterocycles. The van der Waals surface area contributed by atoms with Crippen LogP contribution in [0.15, 0.2) is 24.3 Å². The van der Waals surface area contributed by atoms with Crippen LogP contribution < -0.4 is 0 Å². The number of piperazine rings is 1. The Morgan fingerprint density at radius 3 is 2.22 bits per heavy atom. The molecule has 27 heavy (non-hydrogen) atoms. The molecule has 1 aliphatic heterocycles. The van der Waals surface area contributed by atoms with Gasteiger partial charge in [0.15, 0.2) is 0 Å². The summed E-state index contributed by atoms with van der Waals surface area (Å²) in [5.74, 6) is 2.02. The average molecular weight is 367 g/mol. The van der Waals surface area contributed by atoms with Crippen molar-refractivity contribution in [3.05, 3.63) is 35.4 Å². The molecule has 2 unspecified atom stereocenters. The van der Waals surface area contributed by atoms with E-state index in [2.05, 4.69) is 47.9 Å². The van der Waals surface area contributed by atoms with E-state index < -0.39 is 0 Å². The molecule has 4 saturated carbocycles. The molecule has 5 aliphatic rings. The van der Waals surface area contributed by atoms with E-state index in [1.807, 2.05) is 0 Å². The maximum atomic E-state index is 13.8. The quantitative estimate of drug-likeness (QED) is 0.807. The van der Waals surface area contributed by atoms with Crippen molar-refractivity contribution in [2.24, 2.45) is 17.3 Å². The summed E-state index contributed by atoms with van der Waals surface area (Å²) in [7, 11) is 0. The Morgan fingerprint density at radius 1 is 1.00 bits per heavy atom. The van der Waals surface area contributed by atoms with Crippen LogP contribution in [-0.4, -0.2) is 48.4 Å². The molecule has 4 bridgehead atoms. The number of hydrogen-bond acceptors (Lipinski definition) is 2. The van der Waals surface area contributed by atoms with E-state index in [1.54, 1.807) is 0 Å². The lowest BCUT2D eigenvalue weighted by atomic mass is 9.42. The smallest absolute Gasteiger partial charge is 0.228 e. The molecule has 2 atom stereocenters. The number of benzene rings is 1. The number of nitrogens with zero attached hydrogens (tertiary/aromatic N) is 2. The van der Waals surface area contributed by atoms with Crippen molar-refractivity contribution in [2.45, 2.75) is 57.8 Å². The highest BCUT2D eigenvalue weighted by molar-refractivity contribution is 5.84. The molecule has 3 nitrogen and oxygen atoms in total. The van der Waals surface area contributed by atoms with E-state index in [-0.39, 0.29) is 10.8 Å². The Balaban J connectivity index is 1.43. The van der Waals surface area contributed by atoms with Crippen LogP contribution in [0.4, 0.5) is 0 Å². The van der Waals surface area contributed by atoms with Crippen molar-refractivity contribution in [2.75, 3.05) is 32.7 Å². The zero-order chi connectivity index (χ0) is 18.6. The summed E-state index contributed by atoms with van der Waals surface area (Å²) in [5, 5.41) is 0. The van der Waals surface area contributed by atoms with Crippen LogP contribution in [-0.2, 0) is 10.2 Å². The first-order chi connectivity index (χ1) is 13.0. The molecular formula is C24H34N2O. The zero-order valence-electron chi connectivity index (χ0n) is 17.0. The molecule has 0 aromatic heterocycles. The highest BCUT2D eigenvalue weighted by Gasteiger charge is 2.61. The Hall–Kier alpha value is -1.35. The predicted octanol–water partition coefficient (Wildman–Crippen LogP) is 4.00. The van der Waals surface area contributed by atoms with Gasteiger partial charge in [0.25, 0.3) is 0 Å². The maximum Gasteiger partial charge on any atom is 0.228 e. The number of carbonyl (C=O) groups excluding carboxylic acids is 1. The van der Waals surface area contributed by atoms with Crippen molar-refractivity contribution in [3.8, 4) is 0 Å². The van der Waals surface area contributed by atoms with Crippen molar-refractivity contribution in [3.63, 3.8) is 0 Å². The molecular weight excluding hydrogens is 332 g/mol. The van der Waals surface area contributed by atoms with E-state index in [4.69, 9.17) is 0 Å². The topological polar surface area (TPSA) is 23.6 Å². The first-order valence-corrected chi connectivity index (χ1v) is 11.1. The first-order valence-electron chi connectivity index (χ1n) is 11.1. The minimum Gasteiger partial charge on any atom is -0.340 e. The Bertz CT molecular complexity index is 702. The van der Waals surface area contributed by atoms with Gasteiger partial charge in [-0.25, -0.2) is 0 Å². The van der Waals surface area contributed by atoms with Gasteiger partial charge in [-0.3, -0.25) is 4.79 Å². The lowest BCUT2D eigenvalue weighted by molar-refractivity contribution is -0.162. The number of rotatable bonds is 3. The minimum absolute atomic E-state index is 0.0661. The van der Waals surface area contributed by atoms with E-state index in [9.17, 15) is 4.79 Å². The lowest BCUT2D eigenvalue weighted by Crippen LogP contribution is -2.61. The molecule has 1 aromatic carbocycles. The highest BCUT2D eigenvalue weighted by Crippen LogP contribution is 2.66. The molecule has 1 amide bonds. The van der Waals surface area contributed by atoms with Gasteiger partial charge in [0.2, 0.25) is 5.91 Å². The summed E-state index contributed by atoms with van der Waals surface area (Å²) in [5.41, 5.74) is 3.04. The van der Waals surface area contributed by atoms with Gasteiger partial charge in [-0.1, -0.05) is 36.8 Å². The monoisotopic (exact) mass is 366 g/mol. The molecule has 0 spiro atoms. The molecule has 6 rings (SSSR count). The average Bonchev–Trinajstić information content (AvgIpc) is 2.67. The number of likely N-dealkylation sites (N-methyl/N-ethyl adjacent to an activating group) is 1. The van der Waals surface area contributed by atoms with E-state index in [1.165, 1.54) is 30.4 Å². The van der Waals surface area contributed by atoms with Gasteiger partial charge in [0.1, 0.15) is 0 Å². The molecule has 0 N–H and O–H groups in total. The van der Waals surface area contributed by atoms with E-state index >= 15 is 0 Å². The lowest BCUT2D eigenvalue weighted by Gasteiger charge is -2.62. The largest absolute Gasteiger partial charge is 0.340 e. The summed E-state index contributed by atoms with van der Waals surface area (Å²) in [6.45, 7) is 9.46. The van der Waals surface area contributed by atoms with E-state index in [0.29, 0.717) is 5.91 Å². The molecule has 0 radical (unpaired) electrons. The summed E-state index contributed by atoms with van der Waals surface area (Å²) < 4.78 is 0. The number of hydrogen-bond donors (Lipinski definition) is 0. The number of carbonyl (C=O) groups is 1. The van der Waals surface area contributed by atoms with Crippen molar-refractivity contribution < 1.29 is 4.79 Å². The van der Waals surface area contributed by atoms with Gasteiger partial charge in [-0.15, -0.1) is 0 Å². The van der Waals surface area contributed by atoms with Gasteiger partial charge < -0.3 is 9.80 Å². The van der Waals surface area contributed by atoms with E-state index in [0.717, 1.165) is 63.8 Å². The minimum atomic E-state index is -0.0661. The SMILES string of the molecule is CCN1CCN(C(=O)C23CC4CC(C2)CC(c2ccc(C)cc2)(C4)C3)CC1. The molecule has 4 aliphatic carbocycles. The van der Waals surface area contributed by atoms with Gasteiger partial charge in [0.05, 0.1) is 5.41 Å². The standard InChI is InChI=1S/C24H34N2O/c1-3-25-8-10-26(11-9-25)22(27)24-15-19-12-20(16-24)14-23(13-19,17-24)21-6-4-18(2)5-7-21/h4-7,19-20H,3,8-17H2,1-2H3. The van der Waals surface area contributed by atoms with Crippen LogP contribution in [0.25, 0.3) is 0 Å². The number of aryl methyl sites for hydroxylation is 1. The third-order valence-electron chi connectivity index (χ3n) is 8.29. The molecule has 5 fully saturated rings. The highest BCUT2D eigenvalue weighted by atomic mass is 16.2. The second-order valence-electron chi connectivity index (χ2n) is 10.1. The Morgan fingerprint density at radius 2 is 1.63 bits per heavy atom. The number of amides is 1. The van der Waals surface area contributed by atoms with Crippen LogP contribution in [0.1, 0.15) is 56.6 Å². The second-order valence-corrected chi connectivity index (χ2v) is 10.1. The van der Waals surface area contributed by atoms with Crippen molar-refractivity contribution in [1.29, 1.82) is 0 Å². The molecule has 3 heteroatoms. The summed E-state index contributed by atoms with van der Waals surface area (Å²) in [6.07, 6.45) is 7.40. The van der Waals surface area contributed by atoms with Gasteiger partial charge in [-0.05, 0) is 74.8 Å². The second kappa shape index (κ2) is 6.34. The fraction of sp³-hybridized carbons (Fsp3) is 0.708. The molecule has 1 aromatic rings. The third kappa shape index (κ3) is 2.85. The normalized spacial score (nSPS) is 38.4. The van der Waals surface area contributed by atoms with Crippen molar-refractivity contribution >= 4 is 5.91 Å². The summed E-state index contributed by atoms with van der Waals surface area (Å²) in [6, 6.07) is 9.26. The molecule has 146 valence electrons. The van der Waals surface area contributed by atoms with Crippen molar-refractivity contribution in [1.82, 2.24) is 9.80 Å². The molecule has 1 heterocycles. The van der Waals surface area contributed by atoms with Gasteiger partial charge in [-0.2, -0.15) is 0 Å². The van der Waals surface area contributed by atoms with Gasteiger partial charge >= 0.3 is 0 Å². The maximum absolute atomic E-state index is 13.8. The third-order valence-corrected chi connectivity index (χ3v) is 8.29. The fourth-order valence-corrected chi connectivity index (χ4v) is 7.36. The Kier molecular flexibility index (Phi) is 4.16. The van der Waals surface area contributed by atoms with Crippen LogP contribution in [0.2, 0.25) is 0 Å². The van der Waals surface area contributed by atoms with Crippen LogP contribution in [0.3, 0.4) is 0 Å². The van der Waals surface area contributed by atoms with Crippen LogP contribution in [0.5, 0.6) is 0 Å². The summed E-state index contributed by atoms with van der Waals surface area (Å²) in [4.78, 5) is 18.5. The van der Waals surface area contributed by atoms with Crippen LogP contribution in [0, 0.1) is 24.2 Å². The van der Waals surface area contributed by atoms with Gasteiger partial charge in [0, 0.05) is 26.2 Å². The first kappa shape index (κ1) is 17.7. The fourth-order valence-electron chi connectivity index (χ4n) is 7.36. The van der Waals surface area contributed by atoms with Crippen LogP contribution >= 0.6 is 0 Å². The zero-order valence-corrected chi connectivity index (χ0v) is 17.0. The predicted molar refractivity (Wildman–Crippen MR) is 109 cm³/mol. The summed E-state index contributed by atoms with van der Waals surface area (Å²) >= 11 is 0. The Labute approximate surface area is 164 Å².